The van der Waals surface area contributed by atoms with Gasteiger partial charge in [0.05, 0.1) is 17.1 Å². The molecular formula is C22H24N4O3S. The van der Waals surface area contributed by atoms with Gasteiger partial charge in [-0.2, -0.15) is 5.10 Å². The van der Waals surface area contributed by atoms with Crippen molar-refractivity contribution in [2.24, 2.45) is 0 Å². The minimum absolute atomic E-state index is 0.0466. The van der Waals surface area contributed by atoms with E-state index in [9.17, 15) is 13.2 Å². The van der Waals surface area contributed by atoms with Crippen LogP contribution in [0.2, 0.25) is 0 Å². The number of sulfonamides is 1. The minimum atomic E-state index is -3.69. The average Bonchev–Trinajstić information content (AvgIpc) is 2.99. The number of carbonyl (C=O) groups excluding carboxylic acids is 1. The molecule has 1 aliphatic heterocycles. The first-order valence-corrected chi connectivity index (χ1v) is 11.3. The Kier molecular flexibility index (Phi) is 5.44. The van der Waals surface area contributed by atoms with Crippen molar-refractivity contribution in [1.82, 2.24) is 14.5 Å². The lowest BCUT2D eigenvalue weighted by Gasteiger charge is -2.17. The first-order valence-electron chi connectivity index (χ1n) is 9.83. The van der Waals surface area contributed by atoms with Crippen LogP contribution in [0.1, 0.15) is 34.5 Å². The number of fused-ring (bicyclic) bond motifs is 1. The van der Waals surface area contributed by atoms with Crippen molar-refractivity contribution in [3.63, 3.8) is 0 Å². The molecule has 3 aromatic rings. The zero-order valence-electron chi connectivity index (χ0n) is 17.0. The van der Waals surface area contributed by atoms with Gasteiger partial charge in [-0.15, -0.1) is 0 Å². The summed E-state index contributed by atoms with van der Waals surface area (Å²) >= 11 is 0. The molecule has 1 aliphatic rings. The van der Waals surface area contributed by atoms with E-state index in [4.69, 9.17) is 0 Å². The van der Waals surface area contributed by atoms with Crippen LogP contribution in [0.4, 0.5) is 5.69 Å². The molecule has 0 unspecified atom stereocenters. The highest BCUT2D eigenvalue weighted by atomic mass is 32.2. The molecule has 7 nitrogen and oxygen atoms in total. The molecule has 0 aliphatic carbocycles. The standard InChI is InChI=1S/C22H24N4O3S/c1-15-20(16(2)26(25-15)14-17-6-4-3-5-7-17)13-23-30(28,29)19-9-10-21-18(12-19)8-11-22(27)24-21/h3-7,9-10,12,23H,8,11,13-14H2,1-2H3,(H,24,27). The summed E-state index contributed by atoms with van der Waals surface area (Å²) in [5.41, 5.74) is 5.27. The first-order chi connectivity index (χ1) is 14.3. The number of carbonyl (C=O) groups is 1. The molecule has 0 atom stereocenters. The van der Waals surface area contributed by atoms with Crippen molar-refractivity contribution >= 4 is 21.6 Å². The van der Waals surface area contributed by atoms with E-state index >= 15 is 0 Å². The fourth-order valence-corrected chi connectivity index (χ4v) is 4.72. The first kappa shape index (κ1) is 20.3. The van der Waals surface area contributed by atoms with Gasteiger partial charge < -0.3 is 5.32 Å². The van der Waals surface area contributed by atoms with E-state index in [1.165, 1.54) is 6.07 Å². The number of hydrogen-bond acceptors (Lipinski definition) is 4. The highest BCUT2D eigenvalue weighted by molar-refractivity contribution is 7.89. The van der Waals surface area contributed by atoms with Crippen molar-refractivity contribution in [1.29, 1.82) is 0 Å². The van der Waals surface area contributed by atoms with E-state index < -0.39 is 10.0 Å². The Morgan fingerprint density at radius 3 is 2.63 bits per heavy atom. The minimum Gasteiger partial charge on any atom is -0.326 e. The van der Waals surface area contributed by atoms with E-state index in [0.29, 0.717) is 25.1 Å². The Bertz CT molecular complexity index is 1200. The van der Waals surface area contributed by atoms with E-state index in [1.54, 1.807) is 12.1 Å². The van der Waals surface area contributed by atoms with Crippen LogP contribution in [0.15, 0.2) is 53.4 Å². The molecule has 0 bridgehead atoms. The Labute approximate surface area is 176 Å². The smallest absolute Gasteiger partial charge is 0.240 e. The van der Waals surface area contributed by atoms with Gasteiger partial charge in [-0.25, -0.2) is 13.1 Å². The summed E-state index contributed by atoms with van der Waals surface area (Å²) in [6.45, 7) is 4.65. The molecule has 156 valence electrons. The number of nitrogens with zero attached hydrogens (tertiary/aromatic N) is 2. The molecule has 2 heterocycles. The van der Waals surface area contributed by atoms with Crippen LogP contribution in [-0.2, 0) is 34.3 Å². The molecule has 4 rings (SSSR count). The van der Waals surface area contributed by atoms with E-state index in [1.807, 2.05) is 48.9 Å². The molecule has 2 N–H and O–H groups in total. The SMILES string of the molecule is Cc1nn(Cc2ccccc2)c(C)c1CNS(=O)(=O)c1ccc2c(c1)CCC(=O)N2. The molecule has 0 fully saturated rings. The topological polar surface area (TPSA) is 93.1 Å². The fraction of sp³-hybridized carbons (Fsp3) is 0.273. The highest BCUT2D eigenvalue weighted by Crippen LogP contribution is 2.25. The second-order valence-corrected chi connectivity index (χ2v) is 9.25. The summed E-state index contributed by atoms with van der Waals surface area (Å²) in [4.78, 5) is 11.7. The second-order valence-electron chi connectivity index (χ2n) is 7.48. The number of benzene rings is 2. The summed E-state index contributed by atoms with van der Waals surface area (Å²) in [5, 5.41) is 7.35. The van der Waals surface area contributed by atoms with Crippen molar-refractivity contribution < 1.29 is 13.2 Å². The van der Waals surface area contributed by atoms with Gasteiger partial charge in [0.15, 0.2) is 0 Å². The van der Waals surface area contributed by atoms with Gasteiger partial charge in [-0.05, 0) is 49.6 Å². The number of aromatic nitrogens is 2. The van der Waals surface area contributed by atoms with Gasteiger partial charge in [-0.1, -0.05) is 30.3 Å². The molecule has 30 heavy (non-hydrogen) atoms. The maximum atomic E-state index is 12.9. The Balaban J connectivity index is 1.51. The van der Waals surface area contributed by atoms with Crippen LogP contribution in [0.25, 0.3) is 0 Å². The van der Waals surface area contributed by atoms with Gasteiger partial charge >= 0.3 is 0 Å². The monoisotopic (exact) mass is 424 g/mol. The maximum Gasteiger partial charge on any atom is 0.240 e. The third kappa shape index (κ3) is 4.15. The largest absolute Gasteiger partial charge is 0.326 e. The number of rotatable bonds is 6. The van der Waals surface area contributed by atoms with Crippen LogP contribution in [0, 0.1) is 13.8 Å². The zero-order chi connectivity index (χ0) is 21.3. The van der Waals surface area contributed by atoms with Crippen LogP contribution in [0.5, 0.6) is 0 Å². The van der Waals surface area contributed by atoms with Crippen LogP contribution in [-0.4, -0.2) is 24.1 Å². The van der Waals surface area contributed by atoms with E-state index in [0.717, 1.165) is 28.1 Å². The lowest BCUT2D eigenvalue weighted by molar-refractivity contribution is -0.116. The summed E-state index contributed by atoms with van der Waals surface area (Å²) in [5.74, 6) is -0.0466. The Morgan fingerprint density at radius 2 is 1.87 bits per heavy atom. The fourth-order valence-electron chi connectivity index (χ4n) is 3.68. The predicted molar refractivity (Wildman–Crippen MR) is 115 cm³/mol. The summed E-state index contributed by atoms with van der Waals surface area (Å²) in [6.07, 6.45) is 0.901. The van der Waals surface area contributed by atoms with Crippen LogP contribution >= 0.6 is 0 Å². The molecular weight excluding hydrogens is 400 g/mol. The van der Waals surface area contributed by atoms with E-state index in [2.05, 4.69) is 15.1 Å². The lowest BCUT2D eigenvalue weighted by atomic mass is 10.0. The van der Waals surface area contributed by atoms with Gasteiger partial charge in [0.25, 0.3) is 0 Å². The Hall–Kier alpha value is -2.97. The number of anilines is 1. The second kappa shape index (κ2) is 8.04. The van der Waals surface area contributed by atoms with Gasteiger partial charge in [0, 0.05) is 29.9 Å². The third-order valence-corrected chi connectivity index (χ3v) is 6.83. The van der Waals surface area contributed by atoms with Crippen molar-refractivity contribution in [2.75, 3.05) is 5.32 Å². The maximum absolute atomic E-state index is 12.9. The van der Waals surface area contributed by atoms with Crippen LogP contribution < -0.4 is 10.0 Å². The molecule has 0 saturated carbocycles. The Morgan fingerprint density at radius 1 is 1.10 bits per heavy atom. The highest BCUT2D eigenvalue weighted by Gasteiger charge is 2.21. The summed E-state index contributed by atoms with van der Waals surface area (Å²) in [6, 6.07) is 14.8. The molecule has 2 aromatic carbocycles. The van der Waals surface area contributed by atoms with Crippen molar-refractivity contribution in [2.45, 2.75) is 44.7 Å². The lowest BCUT2D eigenvalue weighted by Crippen LogP contribution is -2.25. The summed E-state index contributed by atoms with van der Waals surface area (Å²) in [7, 11) is -3.69. The average molecular weight is 425 g/mol. The van der Waals surface area contributed by atoms with Gasteiger partial charge in [-0.3, -0.25) is 9.48 Å². The quantitative estimate of drug-likeness (QED) is 0.636. The van der Waals surface area contributed by atoms with Crippen molar-refractivity contribution in [3.05, 3.63) is 76.6 Å². The third-order valence-electron chi connectivity index (χ3n) is 5.43. The number of aryl methyl sites for hydroxylation is 2. The van der Waals surface area contributed by atoms with E-state index in [-0.39, 0.29) is 17.3 Å². The number of amides is 1. The summed E-state index contributed by atoms with van der Waals surface area (Å²) < 4.78 is 30.3. The number of nitrogens with one attached hydrogen (secondary N) is 2. The molecule has 0 saturated heterocycles. The molecule has 1 amide bonds. The van der Waals surface area contributed by atoms with Gasteiger partial charge in [0.1, 0.15) is 0 Å². The van der Waals surface area contributed by atoms with Crippen molar-refractivity contribution in [3.8, 4) is 0 Å². The predicted octanol–water partition coefficient (Wildman–Crippen LogP) is 2.91. The zero-order valence-corrected chi connectivity index (χ0v) is 17.8. The van der Waals surface area contributed by atoms with Crippen LogP contribution in [0.3, 0.4) is 0 Å². The molecule has 8 heteroatoms. The molecule has 0 spiro atoms. The van der Waals surface area contributed by atoms with Gasteiger partial charge in [0.2, 0.25) is 15.9 Å². The molecule has 1 aromatic heterocycles. The normalized spacial score (nSPS) is 13.7. The number of hydrogen-bond donors (Lipinski definition) is 2. The molecule has 0 radical (unpaired) electrons.